The van der Waals surface area contributed by atoms with Crippen molar-refractivity contribution in [3.8, 4) is 0 Å². The lowest BCUT2D eigenvalue weighted by Crippen LogP contribution is -2.28. The number of likely N-dealkylation sites (tertiary alicyclic amines) is 1. The lowest BCUT2D eigenvalue weighted by molar-refractivity contribution is 0.312. The minimum atomic E-state index is -1.12. The van der Waals surface area contributed by atoms with Crippen molar-refractivity contribution in [3.63, 3.8) is 0 Å². The van der Waals surface area contributed by atoms with E-state index in [4.69, 9.17) is 0 Å². The highest BCUT2D eigenvalue weighted by atomic mass is 32.2. The molecule has 120 valence electrons. The topological polar surface area (TPSA) is 38.7 Å². The monoisotopic (exact) mass is 318 g/mol. The van der Waals surface area contributed by atoms with Gasteiger partial charge in [-0.2, -0.15) is 0 Å². The minimum absolute atomic E-state index is 0.257. The lowest BCUT2D eigenvalue weighted by Gasteiger charge is -2.20. The second-order valence-electron chi connectivity index (χ2n) is 7.53. The van der Waals surface area contributed by atoms with Crippen LogP contribution in [0.4, 0.5) is 0 Å². The average Bonchev–Trinajstić information content (AvgIpc) is 3.00. The summed E-state index contributed by atoms with van der Waals surface area (Å²) in [5, 5.41) is 0. The van der Waals surface area contributed by atoms with Crippen molar-refractivity contribution in [2.24, 2.45) is 16.2 Å². The van der Waals surface area contributed by atoms with Crippen molar-refractivity contribution in [3.05, 3.63) is 35.9 Å². The SMILES string of the molecule is CC(C)(C)[S@+]([O-])N=C1CC[C@H]2CN(Cc3ccccc3)C[C@@H]12. The van der Waals surface area contributed by atoms with E-state index >= 15 is 0 Å². The summed E-state index contributed by atoms with van der Waals surface area (Å²) in [5.74, 6) is 1.23. The molecule has 1 aliphatic heterocycles. The van der Waals surface area contributed by atoms with Crippen LogP contribution in [0.25, 0.3) is 0 Å². The van der Waals surface area contributed by atoms with Gasteiger partial charge in [0.25, 0.3) is 0 Å². The maximum atomic E-state index is 12.3. The van der Waals surface area contributed by atoms with Gasteiger partial charge in [0.2, 0.25) is 0 Å². The highest BCUT2D eigenvalue weighted by molar-refractivity contribution is 7.91. The standard InChI is InChI=1S/C18H26N2OS/c1-18(2,3)22(21)19-17-10-9-15-12-20(13-16(15)17)11-14-7-5-4-6-8-14/h4-8,15-16H,9-13H2,1-3H3/t15-,16+,22-/m0/s1. The summed E-state index contributed by atoms with van der Waals surface area (Å²) in [6, 6.07) is 10.7. The van der Waals surface area contributed by atoms with Gasteiger partial charge in [-0.15, -0.1) is 0 Å². The van der Waals surface area contributed by atoms with Gasteiger partial charge in [-0.05, 0) is 45.1 Å². The molecule has 1 aromatic carbocycles. The van der Waals surface area contributed by atoms with Crippen LogP contribution in [0.5, 0.6) is 0 Å². The molecule has 0 spiro atoms. The molecular formula is C18H26N2OS. The number of rotatable bonds is 3. The second-order valence-corrected chi connectivity index (χ2v) is 9.43. The summed E-state index contributed by atoms with van der Waals surface area (Å²) < 4.78 is 16.6. The van der Waals surface area contributed by atoms with E-state index in [9.17, 15) is 4.55 Å². The highest BCUT2D eigenvalue weighted by Crippen LogP contribution is 2.37. The lowest BCUT2D eigenvalue weighted by atomic mass is 10.00. The van der Waals surface area contributed by atoms with Crippen LogP contribution in [0.3, 0.4) is 0 Å². The molecular weight excluding hydrogens is 292 g/mol. The molecule has 0 unspecified atom stereocenters. The molecule has 1 saturated carbocycles. The zero-order valence-corrected chi connectivity index (χ0v) is 14.6. The maximum absolute atomic E-state index is 12.3. The zero-order chi connectivity index (χ0) is 15.7. The van der Waals surface area contributed by atoms with Crippen LogP contribution < -0.4 is 0 Å². The van der Waals surface area contributed by atoms with Crippen molar-refractivity contribution in [2.45, 2.75) is 44.9 Å². The fourth-order valence-corrected chi connectivity index (χ4v) is 4.19. The molecule has 3 atom stereocenters. The molecule has 2 fully saturated rings. The first kappa shape index (κ1) is 16.0. The summed E-state index contributed by atoms with van der Waals surface area (Å²) in [4.78, 5) is 2.53. The molecule has 3 rings (SSSR count). The Bertz CT molecular complexity index is 538. The number of fused-ring (bicyclic) bond motifs is 1. The molecule has 1 saturated heterocycles. The second kappa shape index (κ2) is 6.34. The Morgan fingerprint density at radius 3 is 2.64 bits per heavy atom. The van der Waals surface area contributed by atoms with Crippen LogP contribution >= 0.6 is 0 Å². The first-order valence-corrected chi connectivity index (χ1v) is 9.30. The summed E-state index contributed by atoms with van der Waals surface area (Å²) in [6.45, 7) is 9.23. The summed E-state index contributed by atoms with van der Waals surface area (Å²) in [6.07, 6.45) is 2.24. The van der Waals surface area contributed by atoms with E-state index in [-0.39, 0.29) is 4.75 Å². The van der Waals surface area contributed by atoms with E-state index in [2.05, 4.69) is 39.6 Å². The fourth-order valence-electron chi connectivity index (χ4n) is 3.48. The van der Waals surface area contributed by atoms with Gasteiger partial charge in [-0.1, -0.05) is 34.7 Å². The van der Waals surface area contributed by atoms with E-state index in [1.54, 1.807) is 0 Å². The summed E-state index contributed by atoms with van der Waals surface area (Å²) >= 11 is -1.12. The predicted molar refractivity (Wildman–Crippen MR) is 93.3 cm³/mol. The Kier molecular flexibility index (Phi) is 4.62. The van der Waals surface area contributed by atoms with E-state index in [0.717, 1.165) is 26.1 Å². The minimum Gasteiger partial charge on any atom is -0.591 e. The first-order valence-electron chi connectivity index (χ1n) is 8.19. The molecule has 1 aromatic rings. The number of benzene rings is 1. The molecule has 1 aliphatic carbocycles. The van der Waals surface area contributed by atoms with E-state index < -0.39 is 11.4 Å². The number of hydrogen-bond acceptors (Lipinski definition) is 3. The van der Waals surface area contributed by atoms with Crippen LogP contribution in [0.2, 0.25) is 0 Å². The van der Waals surface area contributed by atoms with Crippen LogP contribution in [0.15, 0.2) is 34.7 Å². The quantitative estimate of drug-likeness (QED) is 0.801. The van der Waals surface area contributed by atoms with Crippen molar-refractivity contribution >= 4 is 17.1 Å². The molecule has 22 heavy (non-hydrogen) atoms. The van der Waals surface area contributed by atoms with Gasteiger partial charge in [-0.25, -0.2) is 0 Å². The van der Waals surface area contributed by atoms with Crippen molar-refractivity contribution < 1.29 is 4.55 Å². The van der Waals surface area contributed by atoms with Crippen LogP contribution in [-0.2, 0) is 17.9 Å². The molecule has 3 nitrogen and oxygen atoms in total. The van der Waals surface area contributed by atoms with Gasteiger partial charge in [0.15, 0.2) is 0 Å². The number of hydrogen-bond donors (Lipinski definition) is 0. The maximum Gasteiger partial charge on any atom is 0.144 e. The van der Waals surface area contributed by atoms with Gasteiger partial charge in [0.1, 0.15) is 16.1 Å². The Morgan fingerprint density at radius 2 is 1.95 bits per heavy atom. The third kappa shape index (κ3) is 3.55. The summed E-state index contributed by atoms with van der Waals surface area (Å²) in [7, 11) is 0. The Morgan fingerprint density at radius 1 is 1.23 bits per heavy atom. The Hall–Kier alpha value is -0.840. The largest absolute Gasteiger partial charge is 0.591 e. The Balaban J connectivity index is 1.65. The van der Waals surface area contributed by atoms with Crippen molar-refractivity contribution in [1.29, 1.82) is 0 Å². The molecule has 4 heteroatoms. The van der Waals surface area contributed by atoms with Crippen LogP contribution in [0, 0.1) is 11.8 Å². The average molecular weight is 318 g/mol. The molecule has 2 aliphatic rings. The molecule has 1 heterocycles. The van der Waals surface area contributed by atoms with Gasteiger partial charge >= 0.3 is 0 Å². The normalized spacial score (nSPS) is 29.0. The van der Waals surface area contributed by atoms with Crippen molar-refractivity contribution in [2.75, 3.05) is 13.1 Å². The van der Waals surface area contributed by atoms with Gasteiger partial charge in [-0.3, -0.25) is 4.90 Å². The third-order valence-corrected chi connectivity index (χ3v) is 6.14. The molecule has 0 radical (unpaired) electrons. The van der Waals surface area contributed by atoms with E-state index in [0.29, 0.717) is 11.8 Å². The Labute approximate surface area is 137 Å². The highest BCUT2D eigenvalue weighted by Gasteiger charge is 2.42. The van der Waals surface area contributed by atoms with E-state index in [1.807, 2.05) is 20.8 Å². The van der Waals surface area contributed by atoms with Gasteiger partial charge in [0.05, 0.1) is 5.71 Å². The van der Waals surface area contributed by atoms with Crippen molar-refractivity contribution in [1.82, 2.24) is 4.90 Å². The fraction of sp³-hybridized carbons (Fsp3) is 0.611. The van der Waals surface area contributed by atoms with Crippen LogP contribution in [-0.4, -0.2) is 33.0 Å². The van der Waals surface area contributed by atoms with E-state index in [1.165, 1.54) is 17.7 Å². The van der Waals surface area contributed by atoms with Crippen LogP contribution in [0.1, 0.15) is 39.2 Å². The molecule has 0 N–H and O–H groups in total. The van der Waals surface area contributed by atoms with Gasteiger partial charge in [0, 0.05) is 25.6 Å². The predicted octanol–water partition coefficient (Wildman–Crippen LogP) is 3.43. The first-order chi connectivity index (χ1) is 10.4. The zero-order valence-electron chi connectivity index (χ0n) is 13.8. The summed E-state index contributed by atoms with van der Waals surface area (Å²) in [5.41, 5.74) is 2.58. The smallest absolute Gasteiger partial charge is 0.144 e. The van der Waals surface area contributed by atoms with Gasteiger partial charge < -0.3 is 4.55 Å². The molecule has 0 aromatic heterocycles. The third-order valence-electron chi connectivity index (χ3n) is 4.69. The molecule has 0 amide bonds. The number of nitrogens with zero attached hydrogens (tertiary/aromatic N) is 2. The molecule has 0 bridgehead atoms.